The Morgan fingerprint density at radius 2 is 2.21 bits per heavy atom. The summed E-state index contributed by atoms with van der Waals surface area (Å²) >= 11 is 4.57. The van der Waals surface area contributed by atoms with E-state index in [1.54, 1.807) is 23.5 Å². The van der Waals surface area contributed by atoms with Crippen molar-refractivity contribution in [3.8, 4) is 0 Å². The fourth-order valence-corrected chi connectivity index (χ4v) is 5.90. The van der Waals surface area contributed by atoms with E-state index >= 15 is 0 Å². The van der Waals surface area contributed by atoms with Gasteiger partial charge in [-0.25, -0.2) is 8.42 Å². The Hall–Kier alpha value is 0.0500. The van der Waals surface area contributed by atoms with Gasteiger partial charge in [0.2, 0.25) is 0 Å². The molecule has 1 fully saturated rings. The van der Waals surface area contributed by atoms with Gasteiger partial charge in [-0.3, -0.25) is 0 Å². The third kappa shape index (κ3) is 3.58. The highest BCUT2D eigenvalue weighted by molar-refractivity contribution is 9.11. The van der Waals surface area contributed by atoms with E-state index in [4.69, 9.17) is 4.74 Å². The average Bonchev–Trinajstić information content (AvgIpc) is 3.11. The Morgan fingerprint density at radius 1 is 1.53 bits per heavy atom. The number of halogens is 1. The quantitative estimate of drug-likeness (QED) is 0.744. The number of hydrogen-bond acceptors (Lipinski definition) is 4. The van der Waals surface area contributed by atoms with Crippen molar-refractivity contribution in [2.75, 3.05) is 20.3 Å². The molecular formula is C12H18BrNO3S2. The van der Waals surface area contributed by atoms with Crippen LogP contribution in [0.1, 0.15) is 19.8 Å². The highest BCUT2D eigenvalue weighted by Crippen LogP contribution is 2.38. The molecule has 19 heavy (non-hydrogen) atoms. The molecule has 1 heterocycles. The van der Waals surface area contributed by atoms with E-state index < -0.39 is 10.0 Å². The van der Waals surface area contributed by atoms with Crippen LogP contribution in [0.2, 0.25) is 0 Å². The lowest BCUT2D eigenvalue weighted by Gasteiger charge is -2.27. The third-order valence-electron chi connectivity index (χ3n) is 3.39. The van der Waals surface area contributed by atoms with Crippen molar-refractivity contribution in [2.45, 2.75) is 30.0 Å². The van der Waals surface area contributed by atoms with Crippen LogP contribution in [0.15, 0.2) is 20.1 Å². The third-order valence-corrected chi connectivity index (χ3v) is 7.46. The minimum absolute atomic E-state index is 0.0426. The Balaban J connectivity index is 2.25. The van der Waals surface area contributed by atoms with Gasteiger partial charge in [0, 0.05) is 19.7 Å². The number of nitrogens with zero attached hydrogens (tertiary/aromatic N) is 1. The zero-order valence-electron chi connectivity index (χ0n) is 11.0. The number of thiophene rings is 1. The Labute approximate surface area is 126 Å². The molecule has 1 atom stereocenters. The second-order valence-electron chi connectivity index (χ2n) is 4.75. The molecule has 1 saturated carbocycles. The molecular weight excluding hydrogens is 350 g/mol. The molecule has 1 aromatic heterocycles. The van der Waals surface area contributed by atoms with Crippen LogP contribution >= 0.6 is 27.3 Å². The van der Waals surface area contributed by atoms with Crippen LogP contribution in [0.4, 0.5) is 0 Å². The van der Waals surface area contributed by atoms with Crippen LogP contribution in [-0.2, 0) is 14.8 Å². The molecule has 1 aromatic rings. The van der Waals surface area contributed by atoms with Gasteiger partial charge in [-0.2, -0.15) is 4.31 Å². The van der Waals surface area contributed by atoms with Gasteiger partial charge in [-0.15, -0.1) is 11.3 Å². The molecule has 0 saturated heterocycles. The molecule has 0 spiro atoms. The summed E-state index contributed by atoms with van der Waals surface area (Å²) in [6, 6.07) is 3.47. The predicted molar refractivity (Wildman–Crippen MR) is 80.0 cm³/mol. The van der Waals surface area contributed by atoms with E-state index in [0.717, 1.165) is 16.6 Å². The molecule has 7 heteroatoms. The molecule has 0 N–H and O–H groups in total. The molecule has 1 aliphatic carbocycles. The first-order valence-electron chi connectivity index (χ1n) is 6.23. The molecule has 0 radical (unpaired) electrons. The highest BCUT2D eigenvalue weighted by atomic mass is 79.9. The molecule has 1 aliphatic rings. The number of sulfonamides is 1. The standard InChI is InChI=1S/C12H18BrNO3S2/c1-9(10-3-4-10)14(7-8-17-2)19(15,16)12-6-5-11(13)18-12/h5-6,9-10H,3-4,7-8H2,1-2H3. The summed E-state index contributed by atoms with van der Waals surface area (Å²) in [5.41, 5.74) is 0. The minimum Gasteiger partial charge on any atom is -0.383 e. The number of hydrogen-bond donors (Lipinski definition) is 0. The summed E-state index contributed by atoms with van der Waals surface area (Å²) in [5.74, 6) is 0.495. The zero-order chi connectivity index (χ0) is 14.0. The van der Waals surface area contributed by atoms with E-state index in [1.807, 2.05) is 6.92 Å². The van der Waals surface area contributed by atoms with E-state index in [9.17, 15) is 8.42 Å². The van der Waals surface area contributed by atoms with Gasteiger partial charge in [0.15, 0.2) is 0 Å². The number of methoxy groups -OCH3 is 1. The maximum atomic E-state index is 12.7. The number of ether oxygens (including phenoxy) is 1. The Morgan fingerprint density at radius 3 is 2.68 bits per heavy atom. The fraction of sp³-hybridized carbons (Fsp3) is 0.667. The molecule has 0 bridgehead atoms. The topological polar surface area (TPSA) is 46.6 Å². The lowest BCUT2D eigenvalue weighted by Crippen LogP contribution is -2.41. The van der Waals surface area contributed by atoms with Crippen molar-refractivity contribution < 1.29 is 13.2 Å². The van der Waals surface area contributed by atoms with Crippen molar-refractivity contribution in [3.63, 3.8) is 0 Å². The Kier molecular flexibility index (Phi) is 5.05. The van der Waals surface area contributed by atoms with Crippen LogP contribution in [-0.4, -0.2) is 39.0 Å². The first-order valence-corrected chi connectivity index (χ1v) is 9.28. The SMILES string of the molecule is COCCN(C(C)C1CC1)S(=O)(=O)c1ccc(Br)s1. The van der Waals surface area contributed by atoms with Crippen molar-refractivity contribution in [1.82, 2.24) is 4.31 Å². The second kappa shape index (κ2) is 6.22. The molecule has 0 aliphatic heterocycles. The summed E-state index contributed by atoms with van der Waals surface area (Å²) in [6.45, 7) is 2.82. The Bertz CT molecular complexity index is 525. The molecule has 1 unspecified atom stereocenters. The van der Waals surface area contributed by atoms with Crippen molar-refractivity contribution in [2.24, 2.45) is 5.92 Å². The number of rotatable bonds is 7. The molecule has 0 amide bonds. The van der Waals surface area contributed by atoms with Crippen molar-refractivity contribution >= 4 is 37.3 Å². The van der Waals surface area contributed by atoms with Crippen LogP contribution in [0, 0.1) is 5.92 Å². The summed E-state index contributed by atoms with van der Waals surface area (Å²) in [7, 11) is -1.82. The van der Waals surface area contributed by atoms with Crippen LogP contribution in [0.3, 0.4) is 0 Å². The lowest BCUT2D eigenvalue weighted by molar-refractivity contribution is 0.164. The van der Waals surface area contributed by atoms with E-state index in [2.05, 4.69) is 15.9 Å². The maximum Gasteiger partial charge on any atom is 0.252 e. The monoisotopic (exact) mass is 367 g/mol. The second-order valence-corrected chi connectivity index (χ2v) is 9.33. The lowest BCUT2D eigenvalue weighted by atomic mass is 10.2. The van der Waals surface area contributed by atoms with E-state index in [0.29, 0.717) is 23.3 Å². The van der Waals surface area contributed by atoms with E-state index in [1.165, 1.54) is 11.3 Å². The minimum atomic E-state index is -3.41. The molecule has 0 aromatic carbocycles. The first-order chi connectivity index (χ1) is 8.96. The summed E-state index contributed by atoms with van der Waals surface area (Å²) in [6.07, 6.45) is 2.24. The van der Waals surface area contributed by atoms with Gasteiger partial charge < -0.3 is 4.74 Å². The summed E-state index contributed by atoms with van der Waals surface area (Å²) in [5, 5.41) is 0. The fourth-order valence-electron chi connectivity index (χ4n) is 2.09. The summed E-state index contributed by atoms with van der Waals surface area (Å²) in [4.78, 5) is 0. The van der Waals surface area contributed by atoms with Crippen LogP contribution in [0.25, 0.3) is 0 Å². The van der Waals surface area contributed by atoms with Gasteiger partial charge in [0.05, 0.1) is 10.4 Å². The zero-order valence-corrected chi connectivity index (χ0v) is 14.2. The van der Waals surface area contributed by atoms with E-state index in [-0.39, 0.29) is 6.04 Å². The average molecular weight is 368 g/mol. The molecule has 4 nitrogen and oxygen atoms in total. The van der Waals surface area contributed by atoms with Gasteiger partial charge in [0.25, 0.3) is 10.0 Å². The highest BCUT2D eigenvalue weighted by Gasteiger charge is 2.38. The maximum absolute atomic E-state index is 12.7. The largest absolute Gasteiger partial charge is 0.383 e. The van der Waals surface area contributed by atoms with Gasteiger partial charge in [-0.05, 0) is 53.7 Å². The molecule has 108 valence electrons. The predicted octanol–water partition coefficient (Wildman–Crippen LogP) is 2.95. The first kappa shape index (κ1) is 15.4. The molecule has 2 rings (SSSR count). The smallest absolute Gasteiger partial charge is 0.252 e. The van der Waals surface area contributed by atoms with Crippen molar-refractivity contribution in [3.05, 3.63) is 15.9 Å². The van der Waals surface area contributed by atoms with Gasteiger partial charge in [-0.1, -0.05) is 0 Å². The summed E-state index contributed by atoms with van der Waals surface area (Å²) < 4.78 is 33.2. The van der Waals surface area contributed by atoms with Crippen LogP contribution in [0.5, 0.6) is 0 Å². The normalized spacial score (nSPS) is 17.9. The van der Waals surface area contributed by atoms with Gasteiger partial charge >= 0.3 is 0 Å². The van der Waals surface area contributed by atoms with Gasteiger partial charge in [0.1, 0.15) is 4.21 Å². The van der Waals surface area contributed by atoms with Crippen molar-refractivity contribution in [1.29, 1.82) is 0 Å². The van der Waals surface area contributed by atoms with Crippen LogP contribution < -0.4 is 0 Å².